The summed E-state index contributed by atoms with van der Waals surface area (Å²) in [6.07, 6.45) is 0.761. The second kappa shape index (κ2) is 9.28. The molecular weight excluding hydrogens is 486 g/mol. The Morgan fingerprint density at radius 1 is 1.23 bits per heavy atom. The molecule has 2 heterocycles. The minimum atomic E-state index is -0.160. The number of aromatic nitrogens is 2. The zero-order valence-corrected chi connectivity index (χ0v) is 19.3. The summed E-state index contributed by atoms with van der Waals surface area (Å²) in [6.45, 7) is 0. The fourth-order valence-corrected chi connectivity index (χ4v) is 5.13. The fraction of sp³-hybridized carbons (Fsp3) is 0.190. The minimum Gasteiger partial charge on any atom is -0.497 e. The number of amides is 1. The van der Waals surface area contributed by atoms with Crippen LogP contribution in [0.15, 0.2) is 67.9 Å². The number of anilines is 1. The Hall–Kier alpha value is -2.23. The van der Waals surface area contributed by atoms with Crippen LogP contribution < -0.4 is 15.6 Å². The first-order valence-electron chi connectivity index (χ1n) is 9.16. The van der Waals surface area contributed by atoms with Crippen molar-refractivity contribution >= 4 is 51.0 Å². The van der Waals surface area contributed by atoms with E-state index in [2.05, 4.69) is 21.2 Å². The van der Waals surface area contributed by atoms with E-state index >= 15 is 0 Å². The number of carbonyl (C=O) groups excluding carboxylic acids is 1. The third kappa shape index (κ3) is 4.58. The van der Waals surface area contributed by atoms with Crippen LogP contribution in [0, 0.1) is 0 Å². The summed E-state index contributed by atoms with van der Waals surface area (Å²) in [6, 6.07) is 14.6. The molecule has 1 N–H and O–H groups in total. The van der Waals surface area contributed by atoms with Gasteiger partial charge in [0.1, 0.15) is 5.75 Å². The molecule has 154 valence electrons. The van der Waals surface area contributed by atoms with Crippen molar-refractivity contribution in [1.82, 2.24) is 9.55 Å². The van der Waals surface area contributed by atoms with Crippen molar-refractivity contribution in [1.29, 1.82) is 0 Å². The Kier molecular flexibility index (Phi) is 6.50. The van der Waals surface area contributed by atoms with E-state index in [9.17, 15) is 9.59 Å². The summed E-state index contributed by atoms with van der Waals surface area (Å²) in [7, 11) is 1.60. The lowest BCUT2D eigenvalue weighted by atomic mass is 10.3. The first-order valence-corrected chi connectivity index (χ1v) is 11.9. The molecule has 1 aliphatic rings. The second-order valence-electron chi connectivity index (χ2n) is 6.45. The maximum absolute atomic E-state index is 13.2. The van der Waals surface area contributed by atoms with Gasteiger partial charge >= 0.3 is 0 Å². The average Bonchev–Trinajstić information content (AvgIpc) is 3.23. The van der Waals surface area contributed by atoms with Crippen molar-refractivity contribution in [2.45, 2.75) is 16.5 Å². The Labute approximate surface area is 190 Å². The number of nitrogens with one attached hydrogen (secondary N) is 1. The summed E-state index contributed by atoms with van der Waals surface area (Å²) in [5.41, 5.74) is 2.13. The fourth-order valence-electron chi connectivity index (χ4n) is 3.01. The molecular formula is C21H18BrN3O3S2. The molecule has 2 aromatic carbocycles. The van der Waals surface area contributed by atoms with Gasteiger partial charge in [-0.1, -0.05) is 27.7 Å². The number of aryl methyl sites for hydroxylation is 1. The molecule has 1 aromatic heterocycles. The Morgan fingerprint density at radius 3 is 2.67 bits per heavy atom. The van der Waals surface area contributed by atoms with Gasteiger partial charge in [-0.25, -0.2) is 4.98 Å². The van der Waals surface area contributed by atoms with Gasteiger partial charge in [0.25, 0.3) is 5.56 Å². The van der Waals surface area contributed by atoms with Crippen LogP contribution in [0.5, 0.6) is 5.75 Å². The molecule has 1 amide bonds. The van der Waals surface area contributed by atoms with Crippen molar-refractivity contribution in [3.05, 3.63) is 69.1 Å². The van der Waals surface area contributed by atoms with Gasteiger partial charge in [-0.05, 0) is 48.5 Å². The molecule has 0 fully saturated rings. The normalized spacial score (nSPS) is 12.5. The molecule has 0 spiro atoms. The largest absolute Gasteiger partial charge is 0.497 e. The van der Waals surface area contributed by atoms with Gasteiger partial charge in [-0.3, -0.25) is 14.2 Å². The van der Waals surface area contributed by atoms with Gasteiger partial charge in [0, 0.05) is 22.3 Å². The number of benzene rings is 2. The summed E-state index contributed by atoms with van der Waals surface area (Å²) in [5.74, 6) is 1.54. The topological polar surface area (TPSA) is 73.2 Å². The highest BCUT2D eigenvalue weighted by Gasteiger charge is 2.23. The molecule has 1 aliphatic heterocycles. The van der Waals surface area contributed by atoms with E-state index in [1.165, 1.54) is 23.5 Å². The van der Waals surface area contributed by atoms with E-state index in [-0.39, 0.29) is 17.2 Å². The van der Waals surface area contributed by atoms with Crippen LogP contribution in [0.2, 0.25) is 0 Å². The van der Waals surface area contributed by atoms with Crippen molar-refractivity contribution in [3.63, 3.8) is 0 Å². The first-order chi connectivity index (χ1) is 14.5. The molecule has 30 heavy (non-hydrogen) atoms. The number of thioether (sulfide) groups is 2. The van der Waals surface area contributed by atoms with Gasteiger partial charge in [-0.2, -0.15) is 0 Å². The van der Waals surface area contributed by atoms with Crippen molar-refractivity contribution in [2.24, 2.45) is 0 Å². The summed E-state index contributed by atoms with van der Waals surface area (Å²) >= 11 is 6.16. The molecule has 0 atom stereocenters. The molecule has 9 heteroatoms. The SMILES string of the molecule is COc1ccc(-n2c(SCC(=O)Nc3ccc(Br)cc3)nc3c(c2=O)SCC3)cc1. The molecule has 0 aliphatic carbocycles. The number of hydrogen-bond donors (Lipinski definition) is 1. The van der Waals surface area contributed by atoms with Crippen molar-refractivity contribution in [3.8, 4) is 11.4 Å². The van der Waals surface area contributed by atoms with Crippen LogP contribution in [0.25, 0.3) is 5.69 Å². The maximum atomic E-state index is 13.2. The smallest absolute Gasteiger partial charge is 0.272 e. The van der Waals surface area contributed by atoms with Crippen molar-refractivity contribution < 1.29 is 9.53 Å². The van der Waals surface area contributed by atoms with Gasteiger partial charge in [0.05, 0.1) is 29.1 Å². The maximum Gasteiger partial charge on any atom is 0.272 e. The van der Waals surface area contributed by atoms with E-state index in [0.717, 1.165) is 28.0 Å². The third-order valence-electron chi connectivity index (χ3n) is 4.46. The summed E-state index contributed by atoms with van der Waals surface area (Å²) < 4.78 is 7.73. The van der Waals surface area contributed by atoms with Crippen LogP contribution in [0.1, 0.15) is 5.69 Å². The van der Waals surface area contributed by atoms with Crippen molar-refractivity contribution in [2.75, 3.05) is 23.9 Å². The van der Waals surface area contributed by atoms with E-state index in [0.29, 0.717) is 21.5 Å². The molecule has 0 radical (unpaired) electrons. The average molecular weight is 504 g/mol. The number of rotatable bonds is 6. The van der Waals surface area contributed by atoms with E-state index < -0.39 is 0 Å². The number of nitrogens with zero attached hydrogens (tertiary/aromatic N) is 2. The molecule has 0 bridgehead atoms. The minimum absolute atomic E-state index is 0.0940. The number of ether oxygens (including phenoxy) is 1. The predicted molar refractivity (Wildman–Crippen MR) is 124 cm³/mol. The van der Waals surface area contributed by atoms with Crippen LogP contribution in [0.4, 0.5) is 5.69 Å². The summed E-state index contributed by atoms with van der Waals surface area (Å²) in [4.78, 5) is 31.0. The Bertz CT molecular complexity index is 1130. The summed E-state index contributed by atoms with van der Waals surface area (Å²) in [5, 5.41) is 3.38. The zero-order chi connectivity index (χ0) is 21.1. The Morgan fingerprint density at radius 2 is 1.97 bits per heavy atom. The van der Waals surface area contributed by atoms with E-state index in [1.807, 2.05) is 36.4 Å². The highest BCUT2D eigenvalue weighted by Crippen LogP contribution is 2.30. The monoisotopic (exact) mass is 503 g/mol. The molecule has 3 aromatic rings. The lowest BCUT2D eigenvalue weighted by Crippen LogP contribution is -2.24. The molecule has 0 saturated carbocycles. The standard InChI is InChI=1S/C21H18BrN3O3S2/c1-28-16-8-6-15(7-9-16)25-20(27)19-17(10-11-29-19)24-21(25)30-12-18(26)23-14-4-2-13(22)3-5-14/h2-9H,10-12H2,1H3,(H,23,26). The lowest BCUT2D eigenvalue weighted by molar-refractivity contribution is -0.113. The quantitative estimate of drug-likeness (QED) is 0.397. The number of methoxy groups -OCH3 is 1. The second-order valence-corrected chi connectivity index (χ2v) is 9.41. The first kappa shape index (κ1) is 21.0. The molecule has 6 nitrogen and oxygen atoms in total. The van der Waals surface area contributed by atoms with E-state index in [4.69, 9.17) is 9.72 Å². The predicted octanol–water partition coefficient (Wildman–Crippen LogP) is 4.38. The number of fused-ring (bicyclic) bond motifs is 1. The van der Waals surface area contributed by atoms with Crippen LogP contribution >= 0.6 is 39.5 Å². The molecule has 4 rings (SSSR count). The van der Waals surface area contributed by atoms with Crippen LogP contribution in [-0.4, -0.2) is 34.1 Å². The Balaban J connectivity index is 1.60. The van der Waals surface area contributed by atoms with Gasteiger partial charge < -0.3 is 10.1 Å². The van der Waals surface area contributed by atoms with E-state index in [1.54, 1.807) is 23.8 Å². The molecule has 0 saturated heterocycles. The van der Waals surface area contributed by atoms with Gasteiger partial charge in [-0.15, -0.1) is 11.8 Å². The van der Waals surface area contributed by atoms with Crippen LogP contribution in [0.3, 0.4) is 0 Å². The van der Waals surface area contributed by atoms with Crippen LogP contribution in [-0.2, 0) is 11.2 Å². The molecule has 0 unspecified atom stereocenters. The highest BCUT2D eigenvalue weighted by molar-refractivity contribution is 9.10. The zero-order valence-electron chi connectivity index (χ0n) is 16.1. The third-order valence-corrected chi connectivity index (χ3v) is 7.03. The lowest BCUT2D eigenvalue weighted by Gasteiger charge is -2.14. The highest BCUT2D eigenvalue weighted by atomic mass is 79.9. The van der Waals surface area contributed by atoms with Gasteiger partial charge in [0.2, 0.25) is 5.91 Å². The number of halogens is 1. The van der Waals surface area contributed by atoms with Gasteiger partial charge in [0.15, 0.2) is 5.16 Å². The number of carbonyl (C=O) groups is 1. The number of hydrogen-bond acceptors (Lipinski definition) is 6.